The summed E-state index contributed by atoms with van der Waals surface area (Å²) in [6.07, 6.45) is 3.44. The van der Waals surface area contributed by atoms with Crippen LogP contribution in [0.25, 0.3) is 0 Å². The SMILES string of the molecule is O=C(O)C=CCNCCc1ccc(F)cc1. The van der Waals surface area contributed by atoms with Crippen LogP contribution in [0.3, 0.4) is 0 Å². The van der Waals surface area contributed by atoms with E-state index < -0.39 is 5.97 Å². The van der Waals surface area contributed by atoms with E-state index in [-0.39, 0.29) is 5.82 Å². The Balaban J connectivity index is 2.16. The van der Waals surface area contributed by atoms with Crippen LogP contribution in [0.5, 0.6) is 0 Å². The second kappa shape index (κ2) is 6.74. The molecular weight excluding hydrogens is 209 g/mol. The van der Waals surface area contributed by atoms with Gasteiger partial charge < -0.3 is 10.4 Å². The van der Waals surface area contributed by atoms with E-state index in [1.165, 1.54) is 12.1 Å². The van der Waals surface area contributed by atoms with Crippen LogP contribution in [0.2, 0.25) is 0 Å². The summed E-state index contributed by atoms with van der Waals surface area (Å²) in [5, 5.41) is 11.4. The molecule has 1 aromatic carbocycles. The predicted molar refractivity (Wildman–Crippen MR) is 59.7 cm³/mol. The molecule has 0 aliphatic heterocycles. The highest BCUT2D eigenvalue weighted by Gasteiger charge is 1.93. The fourth-order valence-corrected chi connectivity index (χ4v) is 1.23. The summed E-state index contributed by atoms with van der Waals surface area (Å²) < 4.78 is 12.6. The van der Waals surface area contributed by atoms with E-state index in [1.54, 1.807) is 18.2 Å². The smallest absolute Gasteiger partial charge is 0.328 e. The van der Waals surface area contributed by atoms with E-state index >= 15 is 0 Å². The van der Waals surface area contributed by atoms with Crippen molar-refractivity contribution in [2.45, 2.75) is 6.42 Å². The van der Waals surface area contributed by atoms with E-state index in [0.717, 1.165) is 24.6 Å². The number of benzene rings is 1. The van der Waals surface area contributed by atoms with Gasteiger partial charge in [0, 0.05) is 12.6 Å². The van der Waals surface area contributed by atoms with Crippen LogP contribution >= 0.6 is 0 Å². The van der Waals surface area contributed by atoms with Crippen LogP contribution in [0, 0.1) is 5.82 Å². The van der Waals surface area contributed by atoms with Crippen LogP contribution in [-0.2, 0) is 11.2 Å². The van der Waals surface area contributed by atoms with Crippen LogP contribution in [0.15, 0.2) is 36.4 Å². The normalized spacial score (nSPS) is 10.8. The first-order valence-electron chi connectivity index (χ1n) is 5.03. The van der Waals surface area contributed by atoms with Crippen molar-refractivity contribution in [1.29, 1.82) is 0 Å². The maximum atomic E-state index is 12.6. The lowest BCUT2D eigenvalue weighted by atomic mass is 10.1. The highest BCUT2D eigenvalue weighted by Crippen LogP contribution is 2.02. The molecule has 0 bridgehead atoms. The summed E-state index contributed by atoms with van der Waals surface area (Å²) in [6.45, 7) is 1.25. The molecule has 0 aromatic heterocycles. The standard InChI is InChI=1S/C12H14FNO2/c13-11-5-3-10(4-6-11)7-9-14-8-1-2-12(15)16/h1-6,14H,7-9H2,(H,15,16). The summed E-state index contributed by atoms with van der Waals surface area (Å²) >= 11 is 0. The molecule has 0 radical (unpaired) electrons. The number of carbonyl (C=O) groups is 1. The number of carboxylic acids is 1. The molecule has 0 atom stereocenters. The molecular formula is C12H14FNO2. The monoisotopic (exact) mass is 223 g/mol. The van der Waals surface area contributed by atoms with Crippen molar-refractivity contribution in [3.63, 3.8) is 0 Å². The maximum absolute atomic E-state index is 12.6. The Morgan fingerprint density at radius 2 is 2.06 bits per heavy atom. The number of rotatable bonds is 6. The molecule has 4 heteroatoms. The number of hydrogen-bond donors (Lipinski definition) is 2. The second-order valence-corrected chi connectivity index (χ2v) is 3.32. The van der Waals surface area contributed by atoms with Crippen molar-refractivity contribution >= 4 is 5.97 Å². The molecule has 1 rings (SSSR count). The Hall–Kier alpha value is -1.68. The lowest BCUT2D eigenvalue weighted by molar-refractivity contribution is -0.131. The first-order valence-corrected chi connectivity index (χ1v) is 5.03. The summed E-state index contributed by atoms with van der Waals surface area (Å²) in [5.74, 6) is -1.18. The average Bonchev–Trinajstić information content (AvgIpc) is 2.25. The topological polar surface area (TPSA) is 49.3 Å². The van der Waals surface area contributed by atoms with Crippen molar-refractivity contribution in [3.05, 3.63) is 47.8 Å². The summed E-state index contributed by atoms with van der Waals surface area (Å²) in [7, 11) is 0. The van der Waals surface area contributed by atoms with Gasteiger partial charge in [0.05, 0.1) is 0 Å². The molecule has 0 heterocycles. The molecule has 0 unspecified atom stereocenters. The zero-order valence-corrected chi connectivity index (χ0v) is 8.82. The van der Waals surface area contributed by atoms with Crippen LogP contribution < -0.4 is 5.32 Å². The molecule has 0 aliphatic rings. The molecule has 0 saturated heterocycles. The predicted octanol–water partition coefficient (Wildman–Crippen LogP) is 1.60. The molecule has 2 N–H and O–H groups in total. The van der Waals surface area contributed by atoms with Gasteiger partial charge in [-0.25, -0.2) is 9.18 Å². The van der Waals surface area contributed by atoms with E-state index in [2.05, 4.69) is 5.32 Å². The van der Waals surface area contributed by atoms with E-state index in [9.17, 15) is 9.18 Å². The highest BCUT2D eigenvalue weighted by atomic mass is 19.1. The molecule has 0 saturated carbocycles. The fourth-order valence-electron chi connectivity index (χ4n) is 1.23. The van der Waals surface area contributed by atoms with Gasteiger partial charge in [-0.1, -0.05) is 18.2 Å². The third-order valence-electron chi connectivity index (χ3n) is 2.03. The number of carboxylic acid groups (broad SMARTS) is 1. The van der Waals surface area contributed by atoms with Gasteiger partial charge >= 0.3 is 5.97 Å². The first-order chi connectivity index (χ1) is 7.68. The Bertz CT molecular complexity index is 360. The third-order valence-corrected chi connectivity index (χ3v) is 2.03. The fraction of sp³-hybridized carbons (Fsp3) is 0.250. The van der Waals surface area contributed by atoms with Crippen molar-refractivity contribution in [2.24, 2.45) is 0 Å². The Morgan fingerprint density at radius 1 is 1.38 bits per heavy atom. The number of aliphatic carboxylic acids is 1. The summed E-state index contributed by atoms with van der Waals surface area (Å²) in [4.78, 5) is 10.1. The molecule has 3 nitrogen and oxygen atoms in total. The quantitative estimate of drug-likeness (QED) is 0.569. The Labute approximate surface area is 93.6 Å². The Morgan fingerprint density at radius 3 is 2.69 bits per heavy atom. The highest BCUT2D eigenvalue weighted by molar-refractivity contribution is 5.79. The molecule has 0 amide bonds. The largest absolute Gasteiger partial charge is 0.478 e. The maximum Gasteiger partial charge on any atom is 0.328 e. The van der Waals surface area contributed by atoms with Gasteiger partial charge in [0.1, 0.15) is 5.82 Å². The van der Waals surface area contributed by atoms with E-state index in [1.807, 2.05) is 0 Å². The van der Waals surface area contributed by atoms with Gasteiger partial charge in [0.25, 0.3) is 0 Å². The number of halogens is 1. The van der Waals surface area contributed by atoms with Gasteiger partial charge in [-0.2, -0.15) is 0 Å². The molecule has 0 aliphatic carbocycles. The number of hydrogen-bond acceptors (Lipinski definition) is 2. The van der Waals surface area contributed by atoms with Gasteiger partial charge in [-0.15, -0.1) is 0 Å². The van der Waals surface area contributed by atoms with Crippen molar-refractivity contribution in [3.8, 4) is 0 Å². The van der Waals surface area contributed by atoms with E-state index in [4.69, 9.17) is 5.11 Å². The second-order valence-electron chi connectivity index (χ2n) is 3.32. The minimum Gasteiger partial charge on any atom is -0.478 e. The summed E-state index contributed by atoms with van der Waals surface area (Å²) in [5.41, 5.74) is 1.05. The molecule has 16 heavy (non-hydrogen) atoms. The molecule has 86 valence electrons. The van der Waals surface area contributed by atoms with Crippen LogP contribution in [0.4, 0.5) is 4.39 Å². The zero-order chi connectivity index (χ0) is 11.8. The Kier molecular flexibility index (Phi) is 5.22. The van der Waals surface area contributed by atoms with Crippen molar-refractivity contribution in [2.75, 3.05) is 13.1 Å². The van der Waals surface area contributed by atoms with E-state index in [0.29, 0.717) is 6.54 Å². The molecule has 1 aromatic rings. The van der Waals surface area contributed by atoms with Gasteiger partial charge in [0.2, 0.25) is 0 Å². The van der Waals surface area contributed by atoms with Crippen LogP contribution in [0.1, 0.15) is 5.56 Å². The lowest BCUT2D eigenvalue weighted by Gasteiger charge is -2.01. The minimum absolute atomic E-state index is 0.235. The first kappa shape index (κ1) is 12.4. The molecule has 0 spiro atoms. The minimum atomic E-state index is -0.944. The number of nitrogens with one attached hydrogen (secondary N) is 1. The summed E-state index contributed by atoms with van der Waals surface area (Å²) in [6, 6.07) is 6.34. The van der Waals surface area contributed by atoms with Gasteiger partial charge in [-0.05, 0) is 30.7 Å². The lowest BCUT2D eigenvalue weighted by Crippen LogP contribution is -2.17. The van der Waals surface area contributed by atoms with Gasteiger partial charge in [0.15, 0.2) is 0 Å². The van der Waals surface area contributed by atoms with Crippen LogP contribution in [-0.4, -0.2) is 24.2 Å². The van der Waals surface area contributed by atoms with Gasteiger partial charge in [-0.3, -0.25) is 0 Å². The molecule has 0 fully saturated rings. The third kappa shape index (κ3) is 5.26. The van der Waals surface area contributed by atoms with Crippen molar-refractivity contribution < 1.29 is 14.3 Å². The average molecular weight is 223 g/mol. The zero-order valence-electron chi connectivity index (χ0n) is 8.82. The van der Waals surface area contributed by atoms with Crippen molar-refractivity contribution in [1.82, 2.24) is 5.32 Å².